The highest BCUT2D eigenvalue weighted by Crippen LogP contribution is 2.11. The van der Waals surface area contributed by atoms with E-state index in [1.54, 1.807) is 20.8 Å². The number of hydrogen-bond acceptors (Lipinski definition) is 6. The molecule has 0 saturated heterocycles. The van der Waals surface area contributed by atoms with Crippen molar-refractivity contribution in [2.75, 3.05) is 11.9 Å². The minimum atomic E-state index is -0.805. The summed E-state index contributed by atoms with van der Waals surface area (Å²) < 4.78 is 5.04. The molecule has 1 aromatic rings. The first-order valence-corrected chi connectivity index (χ1v) is 5.52. The van der Waals surface area contributed by atoms with Crippen molar-refractivity contribution >= 4 is 12.0 Å². The highest BCUT2D eigenvalue weighted by Gasteiger charge is 2.17. The van der Waals surface area contributed by atoms with Gasteiger partial charge in [0, 0.05) is 24.5 Å². The van der Waals surface area contributed by atoms with Crippen molar-refractivity contribution in [2.24, 2.45) is 5.73 Å². The van der Waals surface area contributed by atoms with Crippen LogP contribution >= 0.6 is 0 Å². The van der Waals surface area contributed by atoms with Gasteiger partial charge in [-0.05, 0) is 20.8 Å². The Balaban J connectivity index is 2.61. The Labute approximate surface area is 105 Å². The molecule has 1 aromatic heterocycles. The van der Waals surface area contributed by atoms with E-state index < -0.39 is 17.8 Å². The van der Waals surface area contributed by atoms with Crippen LogP contribution in [0.3, 0.4) is 0 Å². The lowest BCUT2D eigenvalue weighted by atomic mass is 10.2. The van der Waals surface area contributed by atoms with E-state index in [2.05, 4.69) is 15.3 Å². The second-order valence-corrected chi connectivity index (χ2v) is 4.72. The van der Waals surface area contributed by atoms with Crippen LogP contribution in [0.4, 0.5) is 10.7 Å². The molecule has 1 rings (SSSR count). The Morgan fingerprint density at radius 3 is 2.50 bits per heavy atom. The molecule has 1 heterocycles. The summed E-state index contributed by atoms with van der Waals surface area (Å²) >= 11 is 0. The minimum absolute atomic E-state index is 0.0855. The lowest BCUT2D eigenvalue weighted by molar-refractivity contribution is 0.0634. The van der Waals surface area contributed by atoms with Gasteiger partial charge in [-0.25, -0.2) is 14.8 Å². The highest BCUT2D eigenvalue weighted by molar-refractivity contribution is 5.82. The van der Waals surface area contributed by atoms with Gasteiger partial charge < -0.3 is 15.6 Å². The van der Waals surface area contributed by atoms with E-state index in [1.807, 2.05) is 0 Å². The van der Waals surface area contributed by atoms with Gasteiger partial charge in [0.2, 0.25) is 5.95 Å². The Bertz CT molecular complexity index is 400. The largest absolute Gasteiger partial charge is 0.444 e. The molecular weight excluding hydrogens is 236 g/mol. The normalized spacial score (nSPS) is 12.9. The van der Waals surface area contributed by atoms with Crippen molar-refractivity contribution in [3.05, 3.63) is 18.0 Å². The Morgan fingerprint density at radius 1 is 1.50 bits per heavy atom. The number of carbonyl (C=O) groups is 1. The van der Waals surface area contributed by atoms with Crippen molar-refractivity contribution in [2.45, 2.75) is 32.5 Å². The van der Waals surface area contributed by atoms with Gasteiger partial charge in [-0.15, -0.1) is 0 Å². The van der Waals surface area contributed by atoms with Crippen molar-refractivity contribution in [1.82, 2.24) is 9.97 Å². The topological polar surface area (TPSA) is 110 Å². The molecule has 0 fully saturated rings. The third-order valence-corrected chi connectivity index (χ3v) is 1.89. The van der Waals surface area contributed by atoms with E-state index in [1.165, 1.54) is 12.4 Å². The molecule has 0 radical (unpaired) electrons. The van der Waals surface area contributed by atoms with Gasteiger partial charge in [-0.2, -0.15) is 0 Å². The molecule has 7 nitrogen and oxygen atoms in total. The second kappa shape index (κ2) is 5.74. The number of nitrogens with one attached hydrogen (secondary N) is 1. The summed E-state index contributed by atoms with van der Waals surface area (Å²) in [6, 6.07) is 0. The SMILES string of the molecule is CC(C)(C)OC(=O)Nc1ncc([C@H](O)CN)cn1. The quantitative estimate of drug-likeness (QED) is 0.736. The first-order valence-electron chi connectivity index (χ1n) is 5.52. The first kappa shape index (κ1) is 14.3. The van der Waals surface area contributed by atoms with Gasteiger partial charge >= 0.3 is 6.09 Å². The summed E-state index contributed by atoms with van der Waals surface area (Å²) in [7, 11) is 0. The molecular formula is C11H18N4O3. The van der Waals surface area contributed by atoms with Crippen molar-refractivity contribution < 1.29 is 14.6 Å². The zero-order valence-corrected chi connectivity index (χ0v) is 10.7. The molecule has 0 saturated carbocycles. The summed E-state index contributed by atoms with van der Waals surface area (Å²) in [4.78, 5) is 19.2. The van der Waals surface area contributed by atoms with Crippen molar-refractivity contribution in [3.63, 3.8) is 0 Å². The molecule has 1 amide bonds. The third kappa shape index (κ3) is 4.64. The van der Waals surface area contributed by atoms with Gasteiger partial charge in [0.15, 0.2) is 0 Å². The lowest BCUT2D eigenvalue weighted by Gasteiger charge is -2.19. The minimum Gasteiger partial charge on any atom is -0.444 e. The Morgan fingerprint density at radius 2 is 2.06 bits per heavy atom. The molecule has 0 aromatic carbocycles. The predicted octanol–water partition coefficient (Wildman–Crippen LogP) is 0.816. The number of aromatic nitrogens is 2. The average Bonchev–Trinajstić information content (AvgIpc) is 2.26. The highest BCUT2D eigenvalue weighted by atomic mass is 16.6. The molecule has 7 heteroatoms. The van der Waals surface area contributed by atoms with Crippen LogP contribution in [0.2, 0.25) is 0 Å². The first-order chi connectivity index (χ1) is 8.31. The summed E-state index contributed by atoms with van der Waals surface area (Å²) in [5.41, 5.74) is 5.21. The van der Waals surface area contributed by atoms with Crippen LogP contribution < -0.4 is 11.1 Å². The molecule has 0 spiro atoms. The summed E-state index contributed by atoms with van der Waals surface area (Å²) in [5, 5.41) is 11.8. The monoisotopic (exact) mass is 254 g/mol. The van der Waals surface area contributed by atoms with Crippen molar-refractivity contribution in [3.8, 4) is 0 Å². The van der Waals surface area contributed by atoms with Gasteiger partial charge in [-0.1, -0.05) is 0 Å². The molecule has 0 aliphatic carbocycles. The van der Waals surface area contributed by atoms with Crippen LogP contribution in [0.15, 0.2) is 12.4 Å². The Kier molecular flexibility index (Phi) is 4.57. The van der Waals surface area contributed by atoms with E-state index in [0.717, 1.165) is 0 Å². The smallest absolute Gasteiger partial charge is 0.414 e. The molecule has 18 heavy (non-hydrogen) atoms. The number of aliphatic hydroxyl groups is 1. The molecule has 0 unspecified atom stereocenters. The van der Waals surface area contributed by atoms with E-state index in [9.17, 15) is 9.90 Å². The lowest BCUT2D eigenvalue weighted by Crippen LogP contribution is -2.27. The maximum absolute atomic E-state index is 11.4. The number of amides is 1. The fourth-order valence-corrected chi connectivity index (χ4v) is 1.11. The summed E-state index contributed by atoms with van der Waals surface area (Å²) in [6.07, 6.45) is 1.37. The zero-order chi connectivity index (χ0) is 13.8. The fraction of sp³-hybridized carbons (Fsp3) is 0.545. The number of ether oxygens (including phenoxy) is 1. The predicted molar refractivity (Wildman–Crippen MR) is 65.9 cm³/mol. The van der Waals surface area contributed by atoms with Gasteiger partial charge in [0.05, 0.1) is 6.10 Å². The summed E-state index contributed by atoms with van der Waals surface area (Å²) in [5.74, 6) is 0.109. The number of nitrogens with zero attached hydrogens (tertiary/aromatic N) is 2. The third-order valence-electron chi connectivity index (χ3n) is 1.89. The number of nitrogens with two attached hydrogens (primary N) is 1. The van der Waals surface area contributed by atoms with E-state index >= 15 is 0 Å². The van der Waals surface area contributed by atoms with Crippen molar-refractivity contribution in [1.29, 1.82) is 0 Å². The number of rotatable bonds is 3. The Hall–Kier alpha value is -1.73. The fourth-order valence-electron chi connectivity index (χ4n) is 1.11. The van der Waals surface area contributed by atoms with Crippen LogP contribution in [-0.2, 0) is 4.74 Å². The summed E-state index contributed by atoms with van der Waals surface area (Å²) in [6.45, 7) is 5.36. The van der Waals surface area contributed by atoms with Crippen LogP contribution in [0, 0.1) is 0 Å². The van der Waals surface area contributed by atoms with E-state index in [0.29, 0.717) is 5.56 Å². The maximum Gasteiger partial charge on any atom is 0.414 e. The van der Waals surface area contributed by atoms with E-state index in [4.69, 9.17) is 10.5 Å². The number of carbonyl (C=O) groups excluding carboxylic acids is 1. The van der Waals surface area contributed by atoms with E-state index in [-0.39, 0.29) is 12.5 Å². The van der Waals surface area contributed by atoms with Gasteiger partial charge in [0.25, 0.3) is 0 Å². The number of aliphatic hydroxyl groups excluding tert-OH is 1. The molecule has 4 N–H and O–H groups in total. The van der Waals surface area contributed by atoms with Crippen LogP contribution in [0.1, 0.15) is 32.4 Å². The zero-order valence-electron chi connectivity index (χ0n) is 10.7. The second-order valence-electron chi connectivity index (χ2n) is 4.72. The number of hydrogen-bond donors (Lipinski definition) is 3. The average molecular weight is 254 g/mol. The van der Waals surface area contributed by atoms with Gasteiger partial charge in [-0.3, -0.25) is 5.32 Å². The van der Waals surface area contributed by atoms with Gasteiger partial charge in [0.1, 0.15) is 5.60 Å². The number of anilines is 1. The molecule has 0 aliphatic rings. The van der Waals surface area contributed by atoms with Crippen LogP contribution in [0.25, 0.3) is 0 Å². The van der Waals surface area contributed by atoms with Crippen LogP contribution in [0.5, 0.6) is 0 Å². The molecule has 1 atom stereocenters. The van der Waals surface area contributed by atoms with Crippen LogP contribution in [-0.4, -0.2) is 33.3 Å². The molecule has 100 valence electrons. The maximum atomic E-state index is 11.4. The molecule has 0 bridgehead atoms. The molecule has 0 aliphatic heterocycles. The standard InChI is InChI=1S/C11H18N4O3/c1-11(2,3)18-10(17)15-9-13-5-7(6-14-9)8(16)4-12/h5-6,8,16H,4,12H2,1-3H3,(H,13,14,15,17)/t8-/m1/s1.